The molecule has 0 saturated carbocycles. The van der Waals surface area contributed by atoms with Gasteiger partial charge in [0.25, 0.3) is 0 Å². The van der Waals surface area contributed by atoms with Crippen molar-refractivity contribution in [1.82, 2.24) is 29.9 Å². The van der Waals surface area contributed by atoms with Crippen molar-refractivity contribution in [2.75, 3.05) is 26.7 Å². The molecule has 0 aliphatic rings. The lowest BCUT2D eigenvalue weighted by Crippen LogP contribution is -2.48. The molecule has 0 unspecified atom stereocenters. The number of nitrogens with one attached hydrogen (secondary N) is 3. The summed E-state index contributed by atoms with van der Waals surface area (Å²) in [6.45, 7) is 3.94. The van der Waals surface area contributed by atoms with Crippen molar-refractivity contribution < 1.29 is 4.48 Å². The van der Waals surface area contributed by atoms with Crippen LogP contribution >= 0.6 is 0 Å². The molecule has 0 saturated heterocycles. The van der Waals surface area contributed by atoms with Crippen LogP contribution in [0.1, 0.15) is 17.5 Å². The fourth-order valence-electron chi connectivity index (χ4n) is 2.59. The second kappa shape index (κ2) is 10.8. The van der Waals surface area contributed by atoms with Gasteiger partial charge in [-0.15, -0.1) is 0 Å². The minimum absolute atomic E-state index is 0.548. The molecule has 3 N–H and O–H groups in total. The maximum Gasteiger partial charge on any atom is 0.127 e. The molecule has 0 spiro atoms. The summed E-state index contributed by atoms with van der Waals surface area (Å²) < 4.78 is 0.713. The van der Waals surface area contributed by atoms with Crippen LogP contribution < -0.4 is 0 Å². The number of rotatable bonds is 12. The van der Waals surface area contributed by atoms with E-state index in [0.29, 0.717) is 24.1 Å². The van der Waals surface area contributed by atoms with Crippen molar-refractivity contribution in [3.63, 3.8) is 0 Å². The fourth-order valence-corrected chi connectivity index (χ4v) is 2.59. The maximum atomic E-state index is 4.48. The second-order valence-corrected chi connectivity index (χ2v) is 6.84. The highest BCUT2D eigenvalue weighted by molar-refractivity contribution is 5.63. The molecule has 3 aromatic rings. The summed E-state index contributed by atoms with van der Waals surface area (Å²) in [4.78, 5) is 35.2. The van der Waals surface area contributed by atoms with Gasteiger partial charge in [0.15, 0.2) is 0 Å². The first kappa shape index (κ1) is 20.3. The predicted octanol–water partition coefficient (Wildman–Crippen LogP) is 1.42. The molecule has 0 amide bonds. The number of hydrogen-bond donors (Lipinski definition) is 3. The van der Waals surface area contributed by atoms with Gasteiger partial charge in [-0.05, 0) is 0 Å². The van der Waals surface area contributed by atoms with E-state index in [9.17, 15) is 0 Å². The molecule has 0 radical (unpaired) electrons. The Hall–Kier alpha value is -3.40. The number of aromatic nitrogens is 6. The van der Waals surface area contributed by atoms with Gasteiger partial charge < -0.3 is 19.4 Å². The van der Waals surface area contributed by atoms with Gasteiger partial charge in [-0.3, -0.25) is 15.0 Å². The van der Waals surface area contributed by atoms with Crippen molar-refractivity contribution in [2.45, 2.75) is 19.6 Å². The molecule has 3 aromatic heterocycles. The molecule has 0 fully saturated rings. The molecule has 0 aromatic carbocycles. The number of aromatic amines is 3. The summed E-state index contributed by atoms with van der Waals surface area (Å²) in [5.74, 6) is 2.57. The van der Waals surface area contributed by atoms with E-state index in [-0.39, 0.29) is 0 Å². The normalized spacial score (nSPS) is 14.4. The van der Waals surface area contributed by atoms with Gasteiger partial charge in [-0.1, -0.05) is 0 Å². The van der Waals surface area contributed by atoms with Gasteiger partial charge in [0.2, 0.25) is 0 Å². The molecule has 3 heterocycles. The van der Waals surface area contributed by atoms with Gasteiger partial charge in [-0.25, -0.2) is 15.0 Å². The Morgan fingerprint density at radius 2 is 1.03 bits per heavy atom. The highest BCUT2D eigenvalue weighted by atomic mass is 15.3. The van der Waals surface area contributed by atoms with E-state index in [2.05, 4.69) is 51.9 Å². The molecule has 0 atom stereocenters. The number of aliphatic imine (C=N–C) groups is 3. The van der Waals surface area contributed by atoms with E-state index >= 15 is 0 Å². The van der Waals surface area contributed by atoms with Crippen LogP contribution in [-0.2, 0) is 19.6 Å². The Balaban J connectivity index is 1.53. The Kier molecular flexibility index (Phi) is 7.58. The summed E-state index contributed by atoms with van der Waals surface area (Å²) >= 11 is 0. The van der Waals surface area contributed by atoms with Gasteiger partial charge >= 0.3 is 0 Å². The maximum absolute atomic E-state index is 4.48. The van der Waals surface area contributed by atoms with Crippen LogP contribution in [0, 0.1) is 0 Å². The lowest BCUT2D eigenvalue weighted by Gasteiger charge is -2.30. The van der Waals surface area contributed by atoms with Crippen molar-refractivity contribution >= 4 is 18.6 Å². The molecule has 3 rings (SSSR count). The number of hydrogen-bond acceptors (Lipinski definition) is 6. The second-order valence-electron chi connectivity index (χ2n) is 6.84. The van der Waals surface area contributed by atoms with Crippen molar-refractivity contribution in [1.29, 1.82) is 0 Å². The average Bonchev–Trinajstić information content (AvgIpc) is 3.49. The van der Waals surface area contributed by atoms with Gasteiger partial charge in [0.05, 0.1) is 45.3 Å². The van der Waals surface area contributed by atoms with Crippen LogP contribution in [0.2, 0.25) is 0 Å². The topological polar surface area (TPSA) is 123 Å². The molecule has 0 bridgehead atoms. The SMILES string of the molecule is C[N+](CC=NCc1ncc[nH]1)(CC=NCc1ncc[nH]1)CC=NCc1ncc[nH]1. The van der Waals surface area contributed by atoms with Crippen LogP contribution in [0.3, 0.4) is 0 Å². The van der Waals surface area contributed by atoms with E-state index in [4.69, 9.17) is 0 Å². The van der Waals surface area contributed by atoms with Crippen LogP contribution in [0.25, 0.3) is 0 Å². The minimum atomic E-state index is 0.548. The Bertz CT molecular complexity index is 758. The standard InChI is InChI=1S/C19H27N10/c1-29(11-8-20-14-17-23-2-3-24-17,12-9-21-15-18-25-4-5-26-18)13-10-22-16-19-27-6-7-28-19/h2-10H,11-16H2,1H3,(H,23,24)(H,25,26)(H,27,28)/q+1. The lowest BCUT2D eigenvalue weighted by molar-refractivity contribution is -0.881. The van der Waals surface area contributed by atoms with Crippen LogP contribution in [-0.4, -0.2) is 79.7 Å². The molecule has 152 valence electrons. The zero-order chi connectivity index (χ0) is 20.2. The zero-order valence-corrected chi connectivity index (χ0v) is 16.6. The molecule has 10 nitrogen and oxygen atoms in total. The van der Waals surface area contributed by atoms with Crippen molar-refractivity contribution in [2.24, 2.45) is 15.0 Å². The number of quaternary nitrogens is 1. The van der Waals surface area contributed by atoms with Crippen LogP contribution in [0.15, 0.2) is 52.2 Å². The number of nitrogens with zero attached hydrogens (tertiary/aromatic N) is 7. The zero-order valence-electron chi connectivity index (χ0n) is 16.6. The Labute approximate surface area is 169 Å². The highest BCUT2D eigenvalue weighted by Gasteiger charge is 2.17. The van der Waals surface area contributed by atoms with Crippen LogP contribution in [0.5, 0.6) is 0 Å². The molecule has 0 aliphatic carbocycles. The van der Waals surface area contributed by atoms with Crippen LogP contribution in [0.4, 0.5) is 0 Å². The van der Waals surface area contributed by atoms with E-state index in [1.807, 2.05) is 18.6 Å². The van der Waals surface area contributed by atoms with Gasteiger partial charge in [-0.2, -0.15) is 0 Å². The Morgan fingerprint density at radius 3 is 1.31 bits per heavy atom. The summed E-state index contributed by atoms with van der Waals surface area (Å²) in [5.41, 5.74) is 0. The van der Waals surface area contributed by atoms with E-state index in [0.717, 1.165) is 37.1 Å². The quantitative estimate of drug-likeness (QED) is 0.317. The first-order valence-corrected chi connectivity index (χ1v) is 9.47. The van der Waals surface area contributed by atoms with E-state index in [1.54, 1.807) is 37.2 Å². The smallest absolute Gasteiger partial charge is 0.127 e. The fraction of sp³-hybridized carbons (Fsp3) is 0.368. The number of imidazole rings is 3. The largest absolute Gasteiger partial charge is 0.347 e. The highest BCUT2D eigenvalue weighted by Crippen LogP contribution is 2.00. The third-order valence-electron chi connectivity index (χ3n) is 4.34. The van der Waals surface area contributed by atoms with Gasteiger partial charge in [0.1, 0.15) is 37.1 Å². The van der Waals surface area contributed by atoms with E-state index < -0.39 is 0 Å². The average molecular weight is 395 g/mol. The molecule has 10 heteroatoms. The van der Waals surface area contributed by atoms with Crippen molar-refractivity contribution in [3.8, 4) is 0 Å². The minimum Gasteiger partial charge on any atom is -0.347 e. The lowest BCUT2D eigenvalue weighted by atomic mass is 10.3. The molecular weight excluding hydrogens is 368 g/mol. The van der Waals surface area contributed by atoms with E-state index in [1.165, 1.54) is 0 Å². The summed E-state index contributed by atoms with van der Waals surface area (Å²) in [6.07, 6.45) is 16.4. The Morgan fingerprint density at radius 1 is 0.690 bits per heavy atom. The predicted molar refractivity (Wildman–Crippen MR) is 113 cm³/mol. The van der Waals surface area contributed by atoms with Crippen molar-refractivity contribution in [3.05, 3.63) is 54.7 Å². The molecule has 0 aliphatic heterocycles. The first-order chi connectivity index (χ1) is 14.2. The number of H-pyrrole nitrogens is 3. The first-order valence-electron chi connectivity index (χ1n) is 9.47. The van der Waals surface area contributed by atoms with Gasteiger partial charge in [0, 0.05) is 37.2 Å². The monoisotopic (exact) mass is 395 g/mol. The summed E-state index contributed by atoms with van der Waals surface area (Å²) in [6, 6.07) is 0. The summed E-state index contributed by atoms with van der Waals surface area (Å²) in [5, 5.41) is 0. The molecular formula is C19H27N10+. The third kappa shape index (κ3) is 7.26. The summed E-state index contributed by atoms with van der Waals surface area (Å²) in [7, 11) is 2.16. The molecule has 29 heavy (non-hydrogen) atoms. The third-order valence-corrected chi connectivity index (χ3v) is 4.34.